The second-order valence-electron chi connectivity index (χ2n) is 5.81. The van der Waals surface area contributed by atoms with Crippen molar-refractivity contribution in [2.75, 3.05) is 14.2 Å². The van der Waals surface area contributed by atoms with Gasteiger partial charge in [0, 0.05) is 18.4 Å². The molecule has 0 unspecified atom stereocenters. The minimum absolute atomic E-state index is 0.00745. The Bertz CT molecular complexity index is 823. The van der Waals surface area contributed by atoms with Gasteiger partial charge in [0.2, 0.25) is 11.6 Å². The Morgan fingerprint density at radius 2 is 1.92 bits per heavy atom. The monoisotopic (exact) mass is 342 g/mol. The van der Waals surface area contributed by atoms with Crippen LogP contribution in [0.3, 0.4) is 0 Å². The fourth-order valence-corrected chi connectivity index (χ4v) is 3.27. The molecule has 25 heavy (non-hydrogen) atoms. The molecule has 0 bridgehead atoms. The quantitative estimate of drug-likeness (QED) is 0.865. The molecule has 0 fully saturated rings. The summed E-state index contributed by atoms with van der Waals surface area (Å²) in [6.07, 6.45) is 1.66. The Hall–Kier alpha value is -3.14. The van der Waals surface area contributed by atoms with Crippen molar-refractivity contribution in [3.8, 4) is 23.3 Å². The summed E-state index contributed by atoms with van der Waals surface area (Å²) in [5, 5.41) is 19.7. The van der Waals surface area contributed by atoms with E-state index >= 15 is 0 Å². The molecule has 1 aliphatic heterocycles. The summed E-state index contributed by atoms with van der Waals surface area (Å²) < 4.78 is 15.9. The lowest BCUT2D eigenvalue weighted by Crippen LogP contribution is -2.27. The SMILES string of the molecule is COc1cc([C@@H]2C(C#N)=C(N)OC3=C2C(=O)CCC3)cc(OC)c1O. The molecule has 1 aliphatic carbocycles. The number of phenols is 1. The van der Waals surface area contributed by atoms with Gasteiger partial charge in [0.25, 0.3) is 0 Å². The van der Waals surface area contributed by atoms with E-state index in [1.54, 1.807) is 12.1 Å². The van der Waals surface area contributed by atoms with Crippen LogP contribution in [-0.4, -0.2) is 25.1 Å². The summed E-state index contributed by atoms with van der Waals surface area (Å²) in [6.45, 7) is 0. The van der Waals surface area contributed by atoms with Gasteiger partial charge in [0.15, 0.2) is 17.3 Å². The zero-order valence-electron chi connectivity index (χ0n) is 14.0. The number of carbonyl (C=O) groups excluding carboxylic acids is 1. The van der Waals surface area contributed by atoms with Crippen molar-refractivity contribution in [1.82, 2.24) is 0 Å². The van der Waals surface area contributed by atoms with Crippen molar-refractivity contribution in [3.63, 3.8) is 0 Å². The predicted molar refractivity (Wildman–Crippen MR) is 87.7 cm³/mol. The molecule has 2 aliphatic rings. The third-order valence-electron chi connectivity index (χ3n) is 4.44. The molecule has 1 aromatic carbocycles. The maximum absolute atomic E-state index is 12.5. The minimum atomic E-state index is -0.676. The van der Waals surface area contributed by atoms with Gasteiger partial charge in [-0.05, 0) is 24.1 Å². The second-order valence-corrected chi connectivity index (χ2v) is 5.81. The first kappa shape index (κ1) is 16.7. The number of rotatable bonds is 3. The highest BCUT2D eigenvalue weighted by Gasteiger charge is 2.38. The molecule has 3 N–H and O–H groups in total. The first-order chi connectivity index (χ1) is 12.0. The van der Waals surface area contributed by atoms with Crippen LogP contribution in [0.25, 0.3) is 0 Å². The van der Waals surface area contributed by atoms with Crippen LogP contribution in [0.2, 0.25) is 0 Å². The van der Waals surface area contributed by atoms with E-state index in [2.05, 4.69) is 0 Å². The fraction of sp³-hybridized carbons (Fsp3) is 0.333. The van der Waals surface area contributed by atoms with E-state index in [4.69, 9.17) is 19.9 Å². The number of nitrogens with zero attached hydrogens (tertiary/aromatic N) is 1. The molecule has 7 nitrogen and oxygen atoms in total. The normalized spacial score (nSPS) is 19.9. The summed E-state index contributed by atoms with van der Waals surface area (Å²) in [6, 6.07) is 5.19. The molecule has 130 valence electrons. The number of nitrogens with two attached hydrogens (primary N) is 1. The van der Waals surface area contributed by atoms with Crippen molar-refractivity contribution in [3.05, 3.63) is 40.5 Å². The molecular formula is C18H18N2O5. The zero-order valence-corrected chi connectivity index (χ0v) is 14.0. The Balaban J connectivity index is 2.24. The van der Waals surface area contributed by atoms with Crippen LogP contribution in [0.5, 0.6) is 17.2 Å². The van der Waals surface area contributed by atoms with E-state index in [9.17, 15) is 15.2 Å². The molecule has 7 heteroatoms. The smallest absolute Gasteiger partial charge is 0.205 e. The number of Topliss-reactive ketones (excluding diaryl/α,β-unsaturated/α-hetero) is 1. The molecule has 0 spiro atoms. The molecule has 1 aromatic rings. The van der Waals surface area contributed by atoms with Crippen molar-refractivity contribution in [2.45, 2.75) is 25.2 Å². The van der Waals surface area contributed by atoms with E-state index in [0.29, 0.717) is 36.2 Å². The molecule has 0 radical (unpaired) electrons. The van der Waals surface area contributed by atoms with Crippen LogP contribution in [-0.2, 0) is 9.53 Å². The lowest BCUT2D eigenvalue weighted by atomic mass is 9.77. The maximum Gasteiger partial charge on any atom is 0.205 e. The Kier molecular flexibility index (Phi) is 4.28. The van der Waals surface area contributed by atoms with E-state index in [-0.39, 0.29) is 34.5 Å². The number of hydrogen-bond acceptors (Lipinski definition) is 7. The molecule has 0 saturated carbocycles. The van der Waals surface area contributed by atoms with Crippen LogP contribution in [0.15, 0.2) is 34.9 Å². The van der Waals surface area contributed by atoms with Gasteiger partial charge in [-0.2, -0.15) is 5.26 Å². The van der Waals surface area contributed by atoms with Gasteiger partial charge < -0.3 is 25.1 Å². The summed E-state index contributed by atoms with van der Waals surface area (Å²) in [5.41, 5.74) is 7.08. The average molecular weight is 342 g/mol. The van der Waals surface area contributed by atoms with E-state index in [0.717, 1.165) is 0 Å². The number of carbonyl (C=O) groups is 1. The number of benzene rings is 1. The van der Waals surface area contributed by atoms with Gasteiger partial charge in [0.1, 0.15) is 17.4 Å². The number of nitriles is 1. The summed E-state index contributed by atoms with van der Waals surface area (Å²) >= 11 is 0. The van der Waals surface area contributed by atoms with Gasteiger partial charge in [-0.15, -0.1) is 0 Å². The van der Waals surface area contributed by atoms with Crippen molar-refractivity contribution < 1.29 is 24.1 Å². The number of phenolic OH excluding ortho intramolecular Hbond substituents is 1. The lowest BCUT2D eigenvalue weighted by Gasteiger charge is -2.31. The lowest BCUT2D eigenvalue weighted by molar-refractivity contribution is -0.116. The van der Waals surface area contributed by atoms with E-state index in [1.807, 2.05) is 6.07 Å². The molecular weight excluding hydrogens is 324 g/mol. The third kappa shape index (κ3) is 2.66. The highest BCUT2D eigenvalue weighted by Crippen LogP contribution is 2.47. The number of ketones is 1. The summed E-state index contributed by atoms with van der Waals surface area (Å²) in [5.74, 6) is -0.0390. The van der Waals surface area contributed by atoms with Crippen molar-refractivity contribution >= 4 is 5.78 Å². The summed E-state index contributed by atoms with van der Waals surface area (Å²) in [4.78, 5) is 12.5. The van der Waals surface area contributed by atoms with Gasteiger partial charge in [-0.1, -0.05) is 0 Å². The van der Waals surface area contributed by atoms with Gasteiger partial charge >= 0.3 is 0 Å². The van der Waals surface area contributed by atoms with Crippen molar-refractivity contribution in [1.29, 1.82) is 5.26 Å². The van der Waals surface area contributed by atoms with Gasteiger partial charge in [0.05, 0.1) is 20.1 Å². The maximum atomic E-state index is 12.5. The average Bonchev–Trinajstić information content (AvgIpc) is 2.61. The Morgan fingerprint density at radius 3 is 2.48 bits per heavy atom. The topological polar surface area (TPSA) is 115 Å². The molecule has 0 aromatic heterocycles. The number of methoxy groups -OCH3 is 2. The highest BCUT2D eigenvalue weighted by atomic mass is 16.5. The molecule has 1 heterocycles. The van der Waals surface area contributed by atoms with E-state index < -0.39 is 5.92 Å². The Morgan fingerprint density at radius 1 is 1.28 bits per heavy atom. The third-order valence-corrected chi connectivity index (χ3v) is 4.44. The largest absolute Gasteiger partial charge is 0.502 e. The standard InChI is InChI=1S/C18H18N2O5/c1-23-13-6-9(7-14(24-2)17(13)22)15-10(8-19)18(20)25-12-5-3-4-11(21)16(12)15/h6-7,15,22H,3-5,20H2,1-2H3/t15-/m1/s1. The van der Waals surface area contributed by atoms with E-state index in [1.165, 1.54) is 14.2 Å². The van der Waals surface area contributed by atoms with Gasteiger partial charge in [-0.25, -0.2) is 0 Å². The number of ether oxygens (including phenoxy) is 3. The summed E-state index contributed by atoms with van der Waals surface area (Å²) in [7, 11) is 2.82. The fourth-order valence-electron chi connectivity index (χ4n) is 3.27. The van der Waals surface area contributed by atoms with Crippen LogP contribution < -0.4 is 15.2 Å². The zero-order chi connectivity index (χ0) is 18.1. The van der Waals surface area contributed by atoms with Crippen LogP contribution in [0, 0.1) is 11.3 Å². The van der Waals surface area contributed by atoms with Crippen LogP contribution >= 0.6 is 0 Å². The second kappa shape index (κ2) is 6.40. The minimum Gasteiger partial charge on any atom is -0.502 e. The molecule has 0 saturated heterocycles. The Labute approximate surface area is 144 Å². The molecule has 3 rings (SSSR count). The molecule has 0 amide bonds. The first-order valence-corrected chi connectivity index (χ1v) is 7.80. The molecule has 1 atom stereocenters. The van der Waals surface area contributed by atoms with Crippen LogP contribution in [0.1, 0.15) is 30.7 Å². The predicted octanol–water partition coefficient (Wildman–Crippen LogP) is 2.22. The van der Waals surface area contributed by atoms with Crippen molar-refractivity contribution in [2.24, 2.45) is 5.73 Å². The first-order valence-electron chi connectivity index (χ1n) is 7.80. The number of hydrogen-bond donors (Lipinski definition) is 2. The number of aromatic hydroxyl groups is 1. The van der Waals surface area contributed by atoms with Gasteiger partial charge in [-0.3, -0.25) is 4.79 Å². The number of allylic oxidation sites excluding steroid dienone is 3. The highest BCUT2D eigenvalue weighted by molar-refractivity contribution is 5.99. The van der Waals surface area contributed by atoms with Crippen LogP contribution in [0.4, 0.5) is 0 Å².